The van der Waals surface area contributed by atoms with E-state index in [4.69, 9.17) is 4.98 Å². The molecule has 0 radical (unpaired) electrons. The lowest BCUT2D eigenvalue weighted by Gasteiger charge is -2.19. The molecule has 0 aliphatic carbocycles. The summed E-state index contributed by atoms with van der Waals surface area (Å²) in [6.07, 6.45) is 1.64. The van der Waals surface area contributed by atoms with Gasteiger partial charge in [-0.15, -0.1) is 0 Å². The number of aryl methyl sites for hydroxylation is 3. The van der Waals surface area contributed by atoms with Crippen molar-refractivity contribution >= 4 is 16.9 Å². The van der Waals surface area contributed by atoms with E-state index in [1.807, 2.05) is 38.1 Å². The van der Waals surface area contributed by atoms with Crippen LogP contribution < -0.4 is 5.32 Å². The fraction of sp³-hybridized carbons (Fsp3) is 0.333. The first-order valence-electron chi connectivity index (χ1n) is 12.1. The second-order valence-electron chi connectivity index (χ2n) is 10.2. The van der Waals surface area contributed by atoms with Gasteiger partial charge in [0.1, 0.15) is 5.82 Å². The summed E-state index contributed by atoms with van der Waals surface area (Å²) in [5.74, 6) is 1.05. The SMILES string of the molecule is Cc1ccc(C(=O)NCCCc2nc3ccccc3n2Cc2ccc(C(C)(C)C)cc2)c(C)c1. The molecule has 1 N–H and O–H groups in total. The van der Waals surface area contributed by atoms with Crippen LogP contribution in [-0.2, 0) is 18.4 Å². The Morgan fingerprint density at radius 1 is 0.971 bits per heavy atom. The number of para-hydroxylation sites is 2. The zero-order valence-electron chi connectivity index (χ0n) is 21.0. The smallest absolute Gasteiger partial charge is 0.251 e. The zero-order chi connectivity index (χ0) is 24.3. The fourth-order valence-electron chi connectivity index (χ4n) is 4.40. The average molecular weight is 454 g/mol. The summed E-state index contributed by atoms with van der Waals surface area (Å²) in [7, 11) is 0. The second kappa shape index (κ2) is 9.84. The van der Waals surface area contributed by atoms with Crippen LogP contribution in [0.3, 0.4) is 0 Å². The molecule has 0 unspecified atom stereocenters. The molecule has 1 heterocycles. The summed E-state index contributed by atoms with van der Waals surface area (Å²) in [6, 6.07) is 23.2. The maximum absolute atomic E-state index is 12.6. The van der Waals surface area contributed by atoms with Crippen molar-refractivity contribution in [2.24, 2.45) is 0 Å². The molecule has 4 aromatic rings. The molecule has 4 nitrogen and oxygen atoms in total. The van der Waals surface area contributed by atoms with Crippen molar-refractivity contribution < 1.29 is 4.79 Å². The summed E-state index contributed by atoms with van der Waals surface area (Å²) < 4.78 is 2.31. The summed E-state index contributed by atoms with van der Waals surface area (Å²) in [5.41, 5.74) is 7.84. The van der Waals surface area contributed by atoms with E-state index in [1.165, 1.54) is 16.7 Å². The standard InChI is InChI=1S/C30H35N3O/c1-21-12-17-25(22(2)19-21)29(34)31-18-8-11-28-32-26-9-6-7-10-27(26)33(28)20-23-13-15-24(16-14-23)30(3,4)5/h6-7,9-10,12-17,19H,8,11,18,20H2,1-5H3,(H,31,34). The number of aromatic nitrogens is 2. The third kappa shape index (κ3) is 5.39. The Labute approximate surface area is 203 Å². The van der Waals surface area contributed by atoms with Crippen LogP contribution in [0.2, 0.25) is 0 Å². The molecule has 1 aromatic heterocycles. The molecular weight excluding hydrogens is 418 g/mol. The lowest BCUT2D eigenvalue weighted by atomic mass is 9.87. The molecule has 0 saturated heterocycles. The first-order chi connectivity index (χ1) is 16.2. The van der Waals surface area contributed by atoms with Crippen LogP contribution in [0.4, 0.5) is 0 Å². The molecule has 0 aliphatic rings. The minimum absolute atomic E-state index is 0.00931. The molecule has 34 heavy (non-hydrogen) atoms. The van der Waals surface area contributed by atoms with E-state index < -0.39 is 0 Å². The van der Waals surface area contributed by atoms with E-state index in [-0.39, 0.29) is 11.3 Å². The van der Waals surface area contributed by atoms with Gasteiger partial charge in [-0.05, 0) is 60.6 Å². The first kappa shape index (κ1) is 23.7. The van der Waals surface area contributed by atoms with Crippen molar-refractivity contribution in [2.45, 2.75) is 59.4 Å². The van der Waals surface area contributed by atoms with Crippen LogP contribution >= 0.6 is 0 Å². The summed E-state index contributed by atoms with van der Waals surface area (Å²) in [6.45, 7) is 12.1. The van der Waals surface area contributed by atoms with Gasteiger partial charge in [0.15, 0.2) is 0 Å². The van der Waals surface area contributed by atoms with Crippen molar-refractivity contribution in [1.82, 2.24) is 14.9 Å². The molecule has 0 aliphatic heterocycles. The van der Waals surface area contributed by atoms with Gasteiger partial charge in [0.05, 0.1) is 11.0 Å². The van der Waals surface area contributed by atoms with E-state index in [0.717, 1.165) is 47.4 Å². The van der Waals surface area contributed by atoms with E-state index in [2.05, 4.69) is 73.1 Å². The van der Waals surface area contributed by atoms with Crippen LogP contribution in [-0.4, -0.2) is 22.0 Å². The molecule has 0 saturated carbocycles. The quantitative estimate of drug-likeness (QED) is 0.331. The number of fused-ring (bicyclic) bond motifs is 1. The number of hydrogen-bond donors (Lipinski definition) is 1. The van der Waals surface area contributed by atoms with Crippen molar-refractivity contribution in [3.8, 4) is 0 Å². The summed E-state index contributed by atoms with van der Waals surface area (Å²) >= 11 is 0. The highest BCUT2D eigenvalue weighted by Gasteiger charge is 2.15. The van der Waals surface area contributed by atoms with Crippen molar-refractivity contribution in [2.75, 3.05) is 6.54 Å². The molecule has 3 aromatic carbocycles. The summed E-state index contributed by atoms with van der Waals surface area (Å²) in [5, 5.41) is 3.08. The molecule has 176 valence electrons. The molecule has 0 atom stereocenters. The van der Waals surface area contributed by atoms with Gasteiger partial charge in [-0.1, -0.05) is 74.9 Å². The Morgan fingerprint density at radius 3 is 2.41 bits per heavy atom. The van der Waals surface area contributed by atoms with Gasteiger partial charge in [0.2, 0.25) is 0 Å². The first-order valence-corrected chi connectivity index (χ1v) is 12.1. The average Bonchev–Trinajstić information content (AvgIpc) is 3.13. The van der Waals surface area contributed by atoms with Crippen molar-refractivity contribution in [3.63, 3.8) is 0 Å². The van der Waals surface area contributed by atoms with Crippen LogP contribution in [0.15, 0.2) is 66.7 Å². The maximum atomic E-state index is 12.6. The number of benzene rings is 3. The minimum Gasteiger partial charge on any atom is -0.352 e. The molecule has 4 heteroatoms. The lowest BCUT2D eigenvalue weighted by molar-refractivity contribution is 0.0952. The highest BCUT2D eigenvalue weighted by Crippen LogP contribution is 2.24. The Bertz CT molecular complexity index is 1290. The Morgan fingerprint density at radius 2 is 1.71 bits per heavy atom. The van der Waals surface area contributed by atoms with E-state index in [9.17, 15) is 4.79 Å². The lowest BCUT2D eigenvalue weighted by Crippen LogP contribution is -2.25. The van der Waals surface area contributed by atoms with Gasteiger partial charge in [0, 0.05) is 25.1 Å². The van der Waals surface area contributed by atoms with Crippen LogP contribution in [0.1, 0.15) is 65.6 Å². The largest absolute Gasteiger partial charge is 0.352 e. The number of hydrogen-bond acceptors (Lipinski definition) is 2. The predicted octanol–water partition coefficient (Wildman–Crippen LogP) is 6.36. The van der Waals surface area contributed by atoms with Gasteiger partial charge in [-0.25, -0.2) is 4.98 Å². The van der Waals surface area contributed by atoms with Crippen molar-refractivity contribution in [3.05, 3.63) is 100 Å². The predicted molar refractivity (Wildman–Crippen MR) is 141 cm³/mol. The fourth-order valence-corrected chi connectivity index (χ4v) is 4.40. The number of nitrogens with one attached hydrogen (secondary N) is 1. The topological polar surface area (TPSA) is 46.9 Å². The van der Waals surface area contributed by atoms with Gasteiger partial charge in [-0.2, -0.15) is 0 Å². The molecule has 0 bridgehead atoms. The highest BCUT2D eigenvalue weighted by molar-refractivity contribution is 5.95. The van der Waals surface area contributed by atoms with Crippen LogP contribution in [0.5, 0.6) is 0 Å². The number of amides is 1. The number of carbonyl (C=O) groups is 1. The second-order valence-corrected chi connectivity index (χ2v) is 10.2. The van der Waals surface area contributed by atoms with Crippen LogP contribution in [0, 0.1) is 13.8 Å². The zero-order valence-corrected chi connectivity index (χ0v) is 21.0. The van der Waals surface area contributed by atoms with Crippen molar-refractivity contribution in [1.29, 1.82) is 0 Å². The van der Waals surface area contributed by atoms with E-state index >= 15 is 0 Å². The number of carbonyl (C=O) groups excluding carboxylic acids is 1. The number of rotatable bonds is 7. The number of nitrogens with zero attached hydrogens (tertiary/aromatic N) is 2. The molecule has 4 rings (SSSR count). The minimum atomic E-state index is -0.00931. The normalized spacial score (nSPS) is 11.7. The molecule has 0 spiro atoms. The number of imidazole rings is 1. The molecule has 1 amide bonds. The Kier molecular flexibility index (Phi) is 6.87. The van der Waals surface area contributed by atoms with Crippen LogP contribution in [0.25, 0.3) is 11.0 Å². The van der Waals surface area contributed by atoms with Gasteiger partial charge in [0.25, 0.3) is 5.91 Å². The van der Waals surface area contributed by atoms with Gasteiger partial charge < -0.3 is 9.88 Å². The third-order valence-corrected chi connectivity index (χ3v) is 6.38. The summed E-state index contributed by atoms with van der Waals surface area (Å²) in [4.78, 5) is 17.5. The van der Waals surface area contributed by atoms with E-state index in [1.54, 1.807) is 0 Å². The maximum Gasteiger partial charge on any atom is 0.251 e. The monoisotopic (exact) mass is 453 g/mol. The highest BCUT2D eigenvalue weighted by atomic mass is 16.1. The van der Waals surface area contributed by atoms with E-state index in [0.29, 0.717) is 6.54 Å². The Hall–Kier alpha value is -3.40. The molecular formula is C30H35N3O. The Balaban J connectivity index is 1.45. The van der Waals surface area contributed by atoms with Gasteiger partial charge in [-0.3, -0.25) is 4.79 Å². The third-order valence-electron chi connectivity index (χ3n) is 6.38. The van der Waals surface area contributed by atoms with Gasteiger partial charge >= 0.3 is 0 Å². The molecule has 0 fully saturated rings.